The molecule has 0 saturated carbocycles. The highest BCUT2D eigenvalue weighted by molar-refractivity contribution is 6.31. The van der Waals surface area contributed by atoms with E-state index in [2.05, 4.69) is 49.5 Å². The Bertz CT molecular complexity index is 546. The maximum Gasteiger partial charge on any atom is 0.0453 e. The summed E-state index contributed by atoms with van der Waals surface area (Å²) >= 11 is 6.29. The maximum atomic E-state index is 6.29. The molecule has 1 N–H and O–H groups in total. The summed E-state index contributed by atoms with van der Waals surface area (Å²) in [5.74, 6) is 0.577. The molecule has 0 spiro atoms. The second kappa shape index (κ2) is 6.92. The Labute approximate surface area is 127 Å². The van der Waals surface area contributed by atoms with E-state index in [0.717, 1.165) is 17.0 Å². The summed E-state index contributed by atoms with van der Waals surface area (Å²) in [7, 11) is 1.98. The molecule has 106 valence electrons. The summed E-state index contributed by atoms with van der Waals surface area (Å²) in [4.78, 5) is 0. The van der Waals surface area contributed by atoms with Gasteiger partial charge in [0.05, 0.1) is 0 Å². The van der Waals surface area contributed by atoms with E-state index in [1.165, 1.54) is 11.1 Å². The van der Waals surface area contributed by atoms with Crippen LogP contribution in [0.1, 0.15) is 42.5 Å². The van der Waals surface area contributed by atoms with Crippen molar-refractivity contribution in [3.8, 4) is 0 Å². The third-order valence-electron chi connectivity index (χ3n) is 3.72. The molecule has 2 aromatic carbocycles. The van der Waals surface area contributed by atoms with E-state index in [0.29, 0.717) is 5.92 Å². The molecule has 2 aromatic rings. The van der Waals surface area contributed by atoms with Gasteiger partial charge < -0.3 is 5.32 Å². The lowest BCUT2D eigenvalue weighted by molar-refractivity contribution is 0.592. The van der Waals surface area contributed by atoms with Gasteiger partial charge in [0.2, 0.25) is 0 Å². The van der Waals surface area contributed by atoms with E-state index in [-0.39, 0.29) is 6.04 Å². The van der Waals surface area contributed by atoms with E-state index in [1.54, 1.807) is 0 Å². The molecule has 0 heterocycles. The first-order valence-electron chi connectivity index (χ1n) is 7.12. The Hall–Kier alpha value is -1.31. The molecule has 1 nitrogen and oxygen atoms in total. The van der Waals surface area contributed by atoms with Crippen molar-refractivity contribution in [2.75, 3.05) is 7.05 Å². The largest absolute Gasteiger partial charge is 0.313 e. The van der Waals surface area contributed by atoms with Gasteiger partial charge in [0, 0.05) is 11.1 Å². The molecule has 0 aliphatic carbocycles. The van der Waals surface area contributed by atoms with Crippen LogP contribution in [0.5, 0.6) is 0 Å². The van der Waals surface area contributed by atoms with Crippen LogP contribution in [0.4, 0.5) is 0 Å². The SMILES string of the molecule is CNC(Cc1ccc(C(C)C)cc1)c1ccccc1Cl. The Balaban J connectivity index is 2.16. The van der Waals surface area contributed by atoms with Gasteiger partial charge in [-0.1, -0.05) is 67.9 Å². The average Bonchev–Trinajstić information content (AvgIpc) is 2.46. The van der Waals surface area contributed by atoms with Gasteiger partial charge in [-0.15, -0.1) is 0 Å². The highest BCUT2D eigenvalue weighted by Crippen LogP contribution is 2.26. The van der Waals surface area contributed by atoms with Crippen LogP contribution in [0.3, 0.4) is 0 Å². The van der Waals surface area contributed by atoms with Crippen molar-refractivity contribution in [1.82, 2.24) is 5.32 Å². The summed E-state index contributed by atoms with van der Waals surface area (Å²) in [6.07, 6.45) is 0.943. The molecule has 0 aliphatic rings. The first kappa shape index (κ1) is 15.1. The highest BCUT2D eigenvalue weighted by Gasteiger charge is 2.13. The van der Waals surface area contributed by atoms with Crippen LogP contribution in [0.25, 0.3) is 0 Å². The summed E-state index contributed by atoms with van der Waals surface area (Å²) in [5.41, 5.74) is 3.87. The quantitative estimate of drug-likeness (QED) is 0.819. The highest BCUT2D eigenvalue weighted by atomic mass is 35.5. The van der Waals surface area contributed by atoms with Crippen LogP contribution >= 0.6 is 11.6 Å². The fraction of sp³-hybridized carbons (Fsp3) is 0.333. The Morgan fingerprint density at radius 2 is 1.65 bits per heavy atom. The fourth-order valence-electron chi connectivity index (χ4n) is 2.40. The molecule has 2 rings (SSSR count). The fourth-order valence-corrected chi connectivity index (χ4v) is 2.67. The minimum absolute atomic E-state index is 0.244. The normalized spacial score (nSPS) is 12.7. The molecule has 0 radical (unpaired) electrons. The van der Waals surface area contributed by atoms with E-state index < -0.39 is 0 Å². The zero-order valence-electron chi connectivity index (χ0n) is 12.4. The molecule has 0 fully saturated rings. The van der Waals surface area contributed by atoms with Gasteiger partial charge in [-0.3, -0.25) is 0 Å². The van der Waals surface area contributed by atoms with Crippen molar-refractivity contribution >= 4 is 11.6 Å². The first-order chi connectivity index (χ1) is 9.61. The average molecular weight is 288 g/mol. The van der Waals surface area contributed by atoms with Crippen molar-refractivity contribution in [2.45, 2.75) is 32.2 Å². The second-order valence-corrected chi connectivity index (χ2v) is 5.87. The minimum atomic E-state index is 0.244. The first-order valence-corrected chi connectivity index (χ1v) is 7.50. The molecule has 20 heavy (non-hydrogen) atoms. The van der Waals surface area contributed by atoms with Crippen LogP contribution in [0, 0.1) is 0 Å². The third-order valence-corrected chi connectivity index (χ3v) is 4.06. The molecular weight excluding hydrogens is 266 g/mol. The molecule has 0 saturated heterocycles. The Morgan fingerprint density at radius 1 is 1.00 bits per heavy atom. The molecule has 1 unspecified atom stereocenters. The standard InChI is InChI=1S/C18H22ClN/c1-13(2)15-10-8-14(9-11-15)12-18(20-3)16-6-4-5-7-17(16)19/h4-11,13,18,20H,12H2,1-3H3. The lowest BCUT2D eigenvalue weighted by atomic mass is 9.96. The molecule has 0 bridgehead atoms. The predicted octanol–water partition coefficient (Wildman–Crippen LogP) is 4.97. The maximum absolute atomic E-state index is 6.29. The molecule has 0 aromatic heterocycles. The van der Waals surface area contributed by atoms with Gasteiger partial charge in [0.15, 0.2) is 0 Å². The monoisotopic (exact) mass is 287 g/mol. The van der Waals surface area contributed by atoms with Crippen LogP contribution in [0.15, 0.2) is 48.5 Å². The van der Waals surface area contributed by atoms with Crippen LogP contribution in [-0.2, 0) is 6.42 Å². The van der Waals surface area contributed by atoms with Crippen molar-refractivity contribution in [2.24, 2.45) is 0 Å². The molecule has 0 aliphatic heterocycles. The Morgan fingerprint density at radius 3 is 2.20 bits per heavy atom. The number of likely N-dealkylation sites (N-methyl/N-ethyl adjacent to an activating group) is 1. The van der Waals surface area contributed by atoms with E-state index >= 15 is 0 Å². The minimum Gasteiger partial charge on any atom is -0.313 e. The molecule has 1 atom stereocenters. The summed E-state index contributed by atoms with van der Waals surface area (Å²) in [5, 5.41) is 4.19. The van der Waals surface area contributed by atoms with E-state index in [9.17, 15) is 0 Å². The molecule has 2 heteroatoms. The van der Waals surface area contributed by atoms with Crippen LogP contribution < -0.4 is 5.32 Å². The number of rotatable bonds is 5. The van der Waals surface area contributed by atoms with Gasteiger partial charge in [0.25, 0.3) is 0 Å². The van der Waals surface area contributed by atoms with Crippen molar-refractivity contribution < 1.29 is 0 Å². The molecule has 0 amide bonds. The van der Waals surface area contributed by atoms with Crippen LogP contribution in [0.2, 0.25) is 5.02 Å². The second-order valence-electron chi connectivity index (χ2n) is 5.46. The van der Waals surface area contributed by atoms with Gasteiger partial charge in [-0.05, 0) is 42.1 Å². The van der Waals surface area contributed by atoms with E-state index in [4.69, 9.17) is 11.6 Å². The third kappa shape index (κ3) is 3.62. The number of hydrogen-bond acceptors (Lipinski definition) is 1. The summed E-state index contributed by atoms with van der Waals surface area (Å²) in [6, 6.07) is 17.2. The van der Waals surface area contributed by atoms with Gasteiger partial charge >= 0.3 is 0 Å². The summed E-state index contributed by atoms with van der Waals surface area (Å²) < 4.78 is 0. The zero-order chi connectivity index (χ0) is 14.5. The van der Waals surface area contributed by atoms with Gasteiger partial charge in [-0.25, -0.2) is 0 Å². The summed E-state index contributed by atoms with van der Waals surface area (Å²) in [6.45, 7) is 4.43. The Kier molecular flexibility index (Phi) is 5.22. The number of halogens is 1. The van der Waals surface area contributed by atoms with Crippen molar-refractivity contribution in [3.63, 3.8) is 0 Å². The lowest BCUT2D eigenvalue weighted by Gasteiger charge is -2.18. The molecular formula is C18H22ClN. The zero-order valence-corrected chi connectivity index (χ0v) is 13.1. The van der Waals surface area contributed by atoms with E-state index in [1.807, 2.05) is 25.2 Å². The topological polar surface area (TPSA) is 12.0 Å². The van der Waals surface area contributed by atoms with Crippen molar-refractivity contribution in [1.29, 1.82) is 0 Å². The smallest absolute Gasteiger partial charge is 0.0453 e. The number of benzene rings is 2. The predicted molar refractivity (Wildman–Crippen MR) is 87.5 cm³/mol. The van der Waals surface area contributed by atoms with Gasteiger partial charge in [-0.2, -0.15) is 0 Å². The van der Waals surface area contributed by atoms with Crippen molar-refractivity contribution in [3.05, 3.63) is 70.2 Å². The van der Waals surface area contributed by atoms with Crippen LogP contribution in [-0.4, -0.2) is 7.05 Å². The number of nitrogens with one attached hydrogen (secondary N) is 1. The van der Waals surface area contributed by atoms with Gasteiger partial charge in [0.1, 0.15) is 0 Å². The number of hydrogen-bond donors (Lipinski definition) is 1. The lowest BCUT2D eigenvalue weighted by Crippen LogP contribution is -2.19.